The molecule has 0 bridgehead atoms. The molecule has 3 aromatic rings. The molecule has 0 aliphatic heterocycles. The van der Waals surface area contributed by atoms with Crippen LogP contribution in [0.5, 0.6) is 0 Å². The molecule has 2 heterocycles. The number of amides is 1. The van der Waals surface area contributed by atoms with Crippen LogP contribution >= 0.6 is 11.3 Å². The van der Waals surface area contributed by atoms with Gasteiger partial charge in [-0.05, 0) is 23.1 Å². The molecule has 5 nitrogen and oxygen atoms in total. The minimum atomic E-state index is -0.703. The van der Waals surface area contributed by atoms with Gasteiger partial charge in [0.05, 0.1) is 6.54 Å². The number of hydrogen-bond acceptors (Lipinski definition) is 4. The maximum atomic E-state index is 12.9. The van der Waals surface area contributed by atoms with Crippen molar-refractivity contribution in [3.05, 3.63) is 76.2 Å². The maximum absolute atomic E-state index is 12.9. The average Bonchev–Trinajstić information content (AvgIpc) is 3.26. The number of aliphatic hydroxyl groups is 1. The molecule has 3 rings (SSSR count). The summed E-state index contributed by atoms with van der Waals surface area (Å²) in [5.74, 6) is -0.144. The SMILES string of the molecule is Cn1nccc1C(=O)N(Cc1ccccc1)C[C@H](O)c1cccs1. The zero-order chi connectivity index (χ0) is 16.9. The Kier molecular flexibility index (Phi) is 5.08. The summed E-state index contributed by atoms with van der Waals surface area (Å²) in [5.41, 5.74) is 1.52. The van der Waals surface area contributed by atoms with Gasteiger partial charge in [0.1, 0.15) is 11.8 Å². The van der Waals surface area contributed by atoms with E-state index >= 15 is 0 Å². The molecule has 0 saturated carbocycles. The largest absolute Gasteiger partial charge is 0.386 e. The standard InChI is InChI=1S/C18H19N3O2S/c1-20-15(9-10-19-20)18(23)21(12-14-6-3-2-4-7-14)13-16(22)17-8-5-11-24-17/h2-11,16,22H,12-13H2,1H3/t16-/m0/s1. The van der Waals surface area contributed by atoms with E-state index in [2.05, 4.69) is 5.10 Å². The van der Waals surface area contributed by atoms with Gasteiger partial charge < -0.3 is 10.0 Å². The van der Waals surface area contributed by atoms with Gasteiger partial charge in [-0.3, -0.25) is 9.48 Å². The van der Waals surface area contributed by atoms with Crippen LogP contribution < -0.4 is 0 Å². The van der Waals surface area contributed by atoms with Crippen LogP contribution in [0.1, 0.15) is 27.0 Å². The number of thiophene rings is 1. The highest BCUT2D eigenvalue weighted by Crippen LogP contribution is 2.21. The van der Waals surface area contributed by atoms with Crippen LogP contribution in [-0.2, 0) is 13.6 Å². The minimum absolute atomic E-state index is 0.144. The summed E-state index contributed by atoms with van der Waals surface area (Å²) < 4.78 is 1.55. The van der Waals surface area contributed by atoms with E-state index in [0.29, 0.717) is 12.2 Å². The molecule has 0 aliphatic carbocycles. The summed E-state index contributed by atoms with van der Waals surface area (Å²) in [4.78, 5) is 15.4. The zero-order valence-corrected chi connectivity index (χ0v) is 14.2. The number of aliphatic hydroxyl groups excluding tert-OH is 1. The molecule has 1 N–H and O–H groups in total. The van der Waals surface area contributed by atoms with Gasteiger partial charge in [0.2, 0.25) is 0 Å². The Labute approximate surface area is 144 Å². The minimum Gasteiger partial charge on any atom is -0.386 e. The molecule has 0 fully saturated rings. The summed E-state index contributed by atoms with van der Waals surface area (Å²) in [7, 11) is 1.74. The lowest BCUT2D eigenvalue weighted by Crippen LogP contribution is -2.35. The van der Waals surface area contributed by atoms with Crippen molar-refractivity contribution in [3.63, 3.8) is 0 Å². The topological polar surface area (TPSA) is 58.4 Å². The highest BCUT2D eigenvalue weighted by molar-refractivity contribution is 7.10. The van der Waals surface area contributed by atoms with E-state index < -0.39 is 6.10 Å². The van der Waals surface area contributed by atoms with E-state index in [1.807, 2.05) is 47.8 Å². The summed E-state index contributed by atoms with van der Waals surface area (Å²) >= 11 is 1.49. The molecule has 0 saturated heterocycles. The summed E-state index contributed by atoms with van der Waals surface area (Å²) in [6.45, 7) is 0.673. The van der Waals surface area contributed by atoms with Crippen molar-refractivity contribution in [2.45, 2.75) is 12.6 Å². The van der Waals surface area contributed by atoms with Crippen LogP contribution in [0.3, 0.4) is 0 Å². The van der Waals surface area contributed by atoms with Gasteiger partial charge in [-0.1, -0.05) is 36.4 Å². The second kappa shape index (κ2) is 7.42. The predicted molar refractivity (Wildman–Crippen MR) is 93.7 cm³/mol. The van der Waals surface area contributed by atoms with Crippen molar-refractivity contribution in [1.29, 1.82) is 0 Å². The van der Waals surface area contributed by atoms with E-state index in [0.717, 1.165) is 10.4 Å². The molecule has 124 valence electrons. The van der Waals surface area contributed by atoms with E-state index in [-0.39, 0.29) is 12.5 Å². The molecule has 1 amide bonds. The Hall–Kier alpha value is -2.44. The summed E-state index contributed by atoms with van der Waals surface area (Å²) in [6, 6.07) is 15.2. The van der Waals surface area contributed by atoms with E-state index in [1.165, 1.54) is 11.3 Å². The highest BCUT2D eigenvalue weighted by atomic mass is 32.1. The monoisotopic (exact) mass is 341 g/mol. The van der Waals surface area contributed by atoms with Crippen LogP contribution in [0.25, 0.3) is 0 Å². The number of benzene rings is 1. The number of carbonyl (C=O) groups excluding carboxylic acids is 1. The first-order valence-electron chi connectivity index (χ1n) is 7.68. The van der Waals surface area contributed by atoms with Gasteiger partial charge in [-0.15, -0.1) is 11.3 Å². The normalized spacial score (nSPS) is 12.1. The molecule has 0 aliphatic rings. The highest BCUT2D eigenvalue weighted by Gasteiger charge is 2.22. The van der Waals surface area contributed by atoms with Crippen LogP contribution in [0, 0.1) is 0 Å². The van der Waals surface area contributed by atoms with Crippen molar-refractivity contribution >= 4 is 17.2 Å². The Balaban J connectivity index is 1.83. The van der Waals surface area contributed by atoms with Crippen molar-refractivity contribution in [1.82, 2.24) is 14.7 Å². The molecule has 6 heteroatoms. The van der Waals surface area contributed by atoms with E-state index in [4.69, 9.17) is 0 Å². The first kappa shape index (κ1) is 16.4. The fraction of sp³-hybridized carbons (Fsp3) is 0.222. The quantitative estimate of drug-likeness (QED) is 0.750. The Morgan fingerprint density at radius 3 is 2.67 bits per heavy atom. The molecule has 0 spiro atoms. The second-order valence-electron chi connectivity index (χ2n) is 5.54. The van der Waals surface area contributed by atoms with Gasteiger partial charge >= 0.3 is 0 Å². The van der Waals surface area contributed by atoms with E-state index in [9.17, 15) is 9.90 Å². The zero-order valence-electron chi connectivity index (χ0n) is 13.4. The number of nitrogens with zero attached hydrogens (tertiary/aromatic N) is 3. The number of carbonyl (C=O) groups is 1. The first-order chi connectivity index (χ1) is 11.6. The van der Waals surface area contributed by atoms with Gasteiger partial charge in [0.15, 0.2) is 0 Å². The van der Waals surface area contributed by atoms with E-state index in [1.54, 1.807) is 28.9 Å². The summed E-state index contributed by atoms with van der Waals surface area (Å²) in [5, 5.41) is 16.5. The number of rotatable bonds is 6. The van der Waals surface area contributed by atoms with Crippen LogP contribution in [-0.4, -0.2) is 32.2 Å². The third kappa shape index (κ3) is 3.72. The van der Waals surface area contributed by atoms with Crippen molar-refractivity contribution in [3.8, 4) is 0 Å². The predicted octanol–water partition coefficient (Wildman–Crippen LogP) is 2.86. The Bertz CT molecular complexity index is 784. The molecule has 1 atom stereocenters. The maximum Gasteiger partial charge on any atom is 0.272 e. The molecule has 1 aromatic carbocycles. The number of hydrogen-bond donors (Lipinski definition) is 1. The molecule has 2 aromatic heterocycles. The third-order valence-corrected chi connectivity index (χ3v) is 4.78. The fourth-order valence-electron chi connectivity index (χ4n) is 2.55. The fourth-order valence-corrected chi connectivity index (χ4v) is 3.25. The molecular weight excluding hydrogens is 322 g/mol. The molecule has 0 radical (unpaired) electrons. The smallest absolute Gasteiger partial charge is 0.272 e. The van der Waals surface area contributed by atoms with Crippen molar-refractivity contribution in [2.75, 3.05) is 6.54 Å². The lowest BCUT2D eigenvalue weighted by Gasteiger charge is -2.25. The van der Waals surface area contributed by atoms with Crippen LogP contribution in [0.2, 0.25) is 0 Å². The van der Waals surface area contributed by atoms with Crippen LogP contribution in [0.15, 0.2) is 60.1 Å². The van der Waals surface area contributed by atoms with Crippen LogP contribution in [0.4, 0.5) is 0 Å². The first-order valence-corrected chi connectivity index (χ1v) is 8.56. The summed E-state index contributed by atoms with van der Waals surface area (Å²) in [6.07, 6.45) is 0.898. The molecule has 24 heavy (non-hydrogen) atoms. The van der Waals surface area contributed by atoms with Gasteiger partial charge in [-0.25, -0.2) is 0 Å². The lowest BCUT2D eigenvalue weighted by molar-refractivity contribution is 0.0598. The number of aromatic nitrogens is 2. The molecular formula is C18H19N3O2S. The van der Waals surface area contributed by atoms with Crippen molar-refractivity contribution in [2.24, 2.45) is 7.05 Å². The Morgan fingerprint density at radius 2 is 2.04 bits per heavy atom. The lowest BCUT2D eigenvalue weighted by atomic mass is 10.2. The molecule has 0 unspecified atom stereocenters. The van der Waals surface area contributed by atoms with Gasteiger partial charge in [0, 0.05) is 24.7 Å². The third-order valence-electron chi connectivity index (χ3n) is 3.81. The number of aryl methyl sites for hydroxylation is 1. The van der Waals surface area contributed by atoms with Crippen molar-refractivity contribution < 1.29 is 9.90 Å². The Morgan fingerprint density at radius 1 is 1.25 bits per heavy atom. The average molecular weight is 341 g/mol. The van der Waals surface area contributed by atoms with Gasteiger partial charge in [0.25, 0.3) is 5.91 Å². The second-order valence-corrected chi connectivity index (χ2v) is 6.52. The van der Waals surface area contributed by atoms with Gasteiger partial charge in [-0.2, -0.15) is 5.10 Å².